The number of aliphatic carboxylic acids is 1. The second-order valence-electron chi connectivity index (χ2n) is 4.66. The number of nitrogens with two attached hydrogens (primary N) is 1. The molecular formula is C16H23NO3. The minimum Gasteiger partial charge on any atom is -0.481 e. The molecule has 1 aliphatic carbocycles. The van der Waals surface area contributed by atoms with Gasteiger partial charge >= 0.3 is 5.97 Å². The SMILES string of the molecule is CC1CC=CCC1C(=O)O.Cc1ccccc1.NC=O. The first-order chi connectivity index (χ1) is 9.52. The van der Waals surface area contributed by atoms with E-state index in [0.717, 1.165) is 6.42 Å². The molecule has 0 fully saturated rings. The maximum absolute atomic E-state index is 10.5. The lowest BCUT2D eigenvalue weighted by Gasteiger charge is -2.20. The number of carbonyl (C=O) groups is 2. The van der Waals surface area contributed by atoms with Gasteiger partial charge in [-0.15, -0.1) is 0 Å². The summed E-state index contributed by atoms with van der Waals surface area (Å²) in [6.45, 7) is 4.07. The van der Waals surface area contributed by atoms with Crippen molar-refractivity contribution in [3.63, 3.8) is 0 Å². The van der Waals surface area contributed by atoms with E-state index in [-0.39, 0.29) is 12.3 Å². The van der Waals surface area contributed by atoms with Crippen molar-refractivity contribution < 1.29 is 14.7 Å². The summed E-state index contributed by atoms with van der Waals surface area (Å²) in [5, 5.41) is 8.67. The number of amides is 1. The fourth-order valence-electron chi connectivity index (χ4n) is 1.83. The highest BCUT2D eigenvalue weighted by Gasteiger charge is 2.24. The van der Waals surface area contributed by atoms with E-state index in [1.165, 1.54) is 5.56 Å². The minimum atomic E-state index is -0.656. The summed E-state index contributed by atoms with van der Waals surface area (Å²) in [5.74, 6) is -0.496. The molecule has 0 saturated carbocycles. The monoisotopic (exact) mass is 277 g/mol. The van der Waals surface area contributed by atoms with Gasteiger partial charge in [0.25, 0.3) is 0 Å². The molecule has 1 aromatic carbocycles. The van der Waals surface area contributed by atoms with Crippen LogP contribution in [0.1, 0.15) is 25.3 Å². The van der Waals surface area contributed by atoms with Crippen LogP contribution in [-0.2, 0) is 9.59 Å². The second-order valence-corrected chi connectivity index (χ2v) is 4.66. The van der Waals surface area contributed by atoms with Crippen LogP contribution in [0.2, 0.25) is 0 Å². The van der Waals surface area contributed by atoms with Crippen LogP contribution in [0.15, 0.2) is 42.5 Å². The smallest absolute Gasteiger partial charge is 0.307 e. The van der Waals surface area contributed by atoms with E-state index in [0.29, 0.717) is 12.3 Å². The molecule has 4 nitrogen and oxygen atoms in total. The molecule has 1 amide bonds. The normalized spacial score (nSPS) is 19.7. The fourth-order valence-corrected chi connectivity index (χ4v) is 1.83. The van der Waals surface area contributed by atoms with Crippen LogP contribution in [0.3, 0.4) is 0 Å². The van der Waals surface area contributed by atoms with E-state index < -0.39 is 5.97 Å². The topological polar surface area (TPSA) is 80.4 Å². The van der Waals surface area contributed by atoms with Crippen molar-refractivity contribution in [3.05, 3.63) is 48.0 Å². The highest BCUT2D eigenvalue weighted by atomic mass is 16.4. The molecule has 3 N–H and O–H groups in total. The Morgan fingerprint density at radius 2 is 1.75 bits per heavy atom. The summed E-state index contributed by atoms with van der Waals surface area (Å²) < 4.78 is 0. The second kappa shape index (κ2) is 10.8. The molecule has 2 rings (SSSR count). The van der Waals surface area contributed by atoms with Crippen molar-refractivity contribution in [3.8, 4) is 0 Å². The van der Waals surface area contributed by atoms with E-state index in [2.05, 4.69) is 30.9 Å². The van der Waals surface area contributed by atoms with Gasteiger partial charge in [0.1, 0.15) is 0 Å². The van der Waals surface area contributed by atoms with E-state index in [1.807, 2.05) is 31.2 Å². The molecule has 20 heavy (non-hydrogen) atoms. The molecule has 0 saturated heterocycles. The van der Waals surface area contributed by atoms with E-state index >= 15 is 0 Å². The Hall–Kier alpha value is -2.10. The van der Waals surface area contributed by atoms with Crippen molar-refractivity contribution in [2.45, 2.75) is 26.7 Å². The van der Waals surface area contributed by atoms with E-state index in [1.54, 1.807) is 0 Å². The summed E-state index contributed by atoms with van der Waals surface area (Å²) in [6, 6.07) is 10.3. The summed E-state index contributed by atoms with van der Waals surface area (Å²) >= 11 is 0. The van der Waals surface area contributed by atoms with Crippen LogP contribution in [0, 0.1) is 18.8 Å². The van der Waals surface area contributed by atoms with Crippen LogP contribution in [0.5, 0.6) is 0 Å². The molecule has 110 valence electrons. The lowest BCUT2D eigenvalue weighted by Crippen LogP contribution is -2.22. The van der Waals surface area contributed by atoms with Gasteiger partial charge in [-0.3, -0.25) is 9.59 Å². The van der Waals surface area contributed by atoms with Crippen LogP contribution in [0.4, 0.5) is 0 Å². The van der Waals surface area contributed by atoms with Gasteiger partial charge in [-0.05, 0) is 25.7 Å². The molecule has 4 heteroatoms. The summed E-state index contributed by atoms with van der Waals surface area (Å²) in [5.41, 5.74) is 5.49. The molecule has 0 radical (unpaired) electrons. The Balaban J connectivity index is 0.000000315. The minimum absolute atomic E-state index is 0.148. The number of benzene rings is 1. The number of carboxylic acids is 1. The van der Waals surface area contributed by atoms with Gasteiger partial charge in [-0.2, -0.15) is 0 Å². The number of allylic oxidation sites excluding steroid dienone is 2. The maximum Gasteiger partial charge on any atom is 0.307 e. The standard InChI is InChI=1S/C8H12O2.C7H8.CH3NO/c1-6-4-2-3-5-7(6)8(9)10;1-7-5-3-2-4-6-7;2-1-3/h2-3,6-7H,4-5H2,1H3,(H,9,10);2-6H,1H3;1H,(H2,2,3). The number of rotatable bonds is 1. The predicted octanol–water partition coefficient (Wildman–Crippen LogP) is 2.77. The van der Waals surface area contributed by atoms with Gasteiger partial charge in [-0.25, -0.2) is 0 Å². The number of hydrogen-bond donors (Lipinski definition) is 2. The van der Waals surface area contributed by atoms with Gasteiger partial charge in [0, 0.05) is 0 Å². The first kappa shape index (κ1) is 17.9. The van der Waals surface area contributed by atoms with Gasteiger partial charge < -0.3 is 10.8 Å². The number of carbonyl (C=O) groups excluding carboxylic acids is 1. The zero-order valence-electron chi connectivity index (χ0n) is 12.0. The molecule has 0 spiro atoms. The number of carboxylic acid groups (broad SMARTS) is 1. The van der Waals surface area contributed by atoms with Gasteiger partial charge in [0.05, 0.1) is 5.92 Å². The van der Waals surface area contributed by atoms with Crippen LogP contribution < -0.4 is 5.73 Å². The molecule has 1 aliphatic rings. The van der Waals surface area contributed by atoms with Crippen molar-refractivity contribution in [2.75, 3.05) is 0 Å². The van der Waals surface area contributed by atoms with Crippen molar-refractivity contribution in [2.24, 2.45) is 17.6 Å². The molecule has 2 atom stereocenters. The third-order valence-corrected chi connectivity index (χ3v) is 3.01. The summed E-state index contributed by atoms with van der Waals surface area (Å²) in [6.07, 6.45) is 5.89. The first-order valence-electron chi connectivity index (χ1n) is 6.57. The van der Waals surface area contributed by atoms with Gasteiger partial charge in [0.2, 0.25) is 6.41 Å². The van der Waals surface area contributed by atoms with Crippen LogP contribution in [-0.4, -0.2) is 17.5 Å². The zero-order valence-corrected chi connectivity index (χ0v) is 12.0. The number of hydrogen-bond acceptors (Lipinski definition) is 2. The molecule has 0 aromatic heterocycles. The highest BCUT2D eigenvalue weighted by molar-refractivity contribution is 5.70. The summed E-state index contributed by atoms with van der Waals surface area (Å²) in [4.78, 5) is 19.1. The lowest BCUT2D eigenvalue weighted by molar-refractivity contribution is -0.143. The highest BCUT2D eigenvalue weighted by Crippen LogP contribution is 2.24. The molecule has 0 aliphatic heterocycles. The molecule has 0 heterocycles. The molecular weight excluding hydrogens is 254 g/mol. The Morgan fingerprint density at radius 1 is 1.25 bits per heavy atom. The van der Waals surface area contributed by atoms with Gasteiger partial charge in [-0.1, -0.05) is 55.0 Å². The van der Waals surface area contributed by atoms with Gasteiger partial charge in [0.15, 0.2) is 0 Å². The van der Waals surface area contributed by atoms with Crippen LogP contribution >= 0.6 is 0 Å². The van der Waals surface area contributed by atoms with E-state index in [4.69, 9.17) is 9.90 Å². The van der Waals surface area contributed by atoms with Crippen LogP contribution in [0.25, 0.3) is 0 Å². The fraction of sp³-hybridized carbons (Fsp3) is 0.375. The Morgan fingerprint density at radius 3 is 2.05 bits per heavy atom. The average Bonchev–Trinajstić information content (AvgIpc) is 2.41. The third kappa shape index (κ3) is 8.08. The Kier molecular flexibility index (Phi) is 9.66. The maximum atomic E-state index is 10.5. The molecule has 0 bridgehead atoms. The largest absolute Gasteiger partial charge is 0.481 e. The molecule has 2 unspecified atom stereocenters. The molecule has 1 aromatic rings. The third-order valence-electron chi connectivity index (χ3n) is 3.01. The van der Waals surface area contributed by atoms with Crippen molar-refractivity contribution in [1.82, 2.24) is 0 Å². The first-order valence-corrected chi connectivity index (χ1v) is 6.57. The number of primary amides is 1. The number of aryl methyl sites for hydroxylation is 1. The Labute approximate surface area is 120 Å². The van der Waals surface area contributed by atoms with E-state index in [9.17, 15) is 4.79 Å². The average molecular weight is 277 g/mol. The quantitative estimate of drug-likeness (QED) is 0.612. The summed E-state index contributed by atoms with van der Waals surface area (Å²) in [7, 11) is 0. The zero-order chi connectivity index (χ0) is 15.4. The lowest BCUT2D eigenvalue weighted by atomic mass is 9.85. The Bertz CT molecular complexity index is 415. The predicted molar refractivity (Wildman–Crippen MR) is 80.1 cm³/mol. The van der Waals surface area contributed by atoms with Crippen molar-refractivity contribution >= 4 is 12.4 Å². The van der Waals surface area contributed by atoms with Crippen molar-refractivity contribution in [1.29, 1.82) is 0 Å².